The number of nitrogens with zero attached hydrogens (tertiary/aromatic N) is 1. The van der Waals surface area contributed by atoms with E-state index in [1.807, 2.05) is 0 Å². The molecule has 1 aliphatic heterocycles. The molecule has 2 N–H and O–H groups in total. The summed E-state index contributed by atoms with van der Waals surface area (Å²) in [6, 6.07) is -0.902. The number of thioether (sulfide) groups is 2. The third-order valence-electron chi connectivity index (χ3n) is 1.98. The van der Waals surface area contributed by atoms with Crippen LogP contribution < -0.4 is 0 Å². The van der Waals surface area contributed by atoms with Crippen LogP contribution in [0.3, 0.4) is 0 Å². The summed E-state index contributed by atoms with van der Waals surface area (Å²) >= 11 is 3.29. The molecule has 0 saturated carbocycles. The maximum Gasteiger partial charge on any atom is 0.321 e. The molecule has 0 amide bonds. The highest BCUT2D eigenvalue weighted by atomic mass is 32.2. The second-order valence-corrected chi connectivity index (χ2v) is 5.26. The van der Waals surface area contributed by atoms with E-state index in [2.05, 4.69) is 0 Å². The smallest absolute Gasteiger partial charge is 0.321 e. The van der Waals surface area contributed by atoms with Crippen molar-refractivity contribution in [1.29, 1.82) is 0 Å². The molecule has 0 aromatic heterocycles. The SMILES string of the molecule is O=C(O)CC(C(=O)O)N1CSCCSC1. The Bertz CT molecular complexity index is 241. The maximum absolute atomic E-state index is 10.9. The van der Waals surface area contributed by atoms with E-state index in [-0.39, 0.29) is 6.42 Å². The van der Waals surface area contributed by atoms with Gasteiger partial charge in [-0.1, -0.05) is 0 Å². The molecule has 15 heavy (non-hydrogen) atoms. The van der Waals surface area contributed by atoms with Gasteiger partial charge in [-0.05, 0) is 0 Å². The molecule has 1 atom stereocenters. The zero-order chi connectivity index (χ0) is 11.3. The summed E-state index contributed by atoms with van der Waals surface area (Å²) in [5.74, 6) is 1.04. The first-order valence-corrected chi connectivity index (χ1v) is 6.76. The zero-order valence-corrected chi connectivity index (χ0v) is 9.72. The van der Waals surface area contributed by atoms with E-state index in [9.17, 15) is 9.59 Å². The Balaban J connectivity index is 2.60. The van der Waals surface area contributed by atoms with Crippen molar-refractivity contribution in [2.45, 2.75) is 12.5 Å². The average Bonchev–Trinajstić information content (AvgIpc) is 2.41. The Morgan fingerprint density at radius 1 is 1.20 bits per heavy atom. The monoisotopic (exact) mass is 251 g/mol. The zero-order valence-electron chi connectivity index (χ0n) is 8.09. The minimum atomic E-state index is -1.07. The normalized spacial score (nSPS) is 20.5. The van der Waals surface area contributed by atoms with Crippen LogP contribution in [-0.2, 0) is 9.59 Å². The summed E-state index contributed by atoms with van der Waals surface area (Å²) in [5.41, 5.74) is 0. The van der Waals surface area contributed by atoms with Crippen LogP contribution in [0.2, 0.25) is 0 Å². The molecular weight excluding hydrogens is 238 g/mol. The van der Waals surface area contributed by atoms with Gasteiger partial charge >= 0.3 is 11.9 Å². The Morgan fingerprint density at radius 2 is 1.73 bits per heavy atom. The Morgan fingerprint density at radius 3 is 2.13 bits per heavy atom. The van der Waals surface area contributed by atoms with Crippen LogP contribution in [0.4, 0.5) is 0 Å². The second-order valence-electron chi connectivity index (χ2n) is 3.12. The quantitative estimate of drug-likeness (QED) is 0.758. The third kappa shape index (κ3) is 4.31. The van der Waals surface area contributed by atoms with Crippen molar-refractivity contribution in [1.82, 2.24) is 4.90 Å². The van der Waals surface area contributed by atoms with E-state index in [1.54, 1.807) is 28.4 Å². The molecule has 0 aromatic rings. The van der Waals surface area contributed by atoms with Crippen molar-refractivity contribution < 1.29 is 19.8 Å². The van der Waals surface area contributed by atoms with Crippen LogP contribution in [0.1, 0.15) is 6.42 Å². The summed E-state index contributed by atoms with van der Waals surface area (Å²) in [5, 5.41) is 17.6. The highest BCUT2D eigenvalue weighted by Crippen LogP contribution is 2.20. The first kappa shape index (κ1) is 12.7. The molecule has 0 radical (unpaired) electrons. The van der Waals surface area contributed by atoms with Gasteiger partial charge in [0.25, 0.3) is 0 Å². The summed E-state index contributed by atoms with van der Waals surface area (Å²) in [6.45, 7) is 0. The number of rotatable bonds is 4. The number of carbonyl (C=O) groups is 2. The molecule has 1 fully saturated rings. The fourth-order valence-corrected chi connectivity index (χ4v) is 3.56. The van der Waals surface area contributed by atoms with Gasteiger partial charge in [0.05, 0.1) is 6.42 Å². The van der Waals surface area contributed by atoms with E-state index >= 15 is 0 Å². The molecule has 0 spiro atoms. The number of aliphatic carboxylic acids is 2. The fourth-order valence-electron chi connectivity index (χ4n) is 1.24. The lowest BCUT2D eigenvalue weighted by Gasteiger charge is -2.24. The highest BCUT2D eigenvalue weighted by Gasteiger charge is 2.28. The van der Waals surface area contributed by atoms with Gasteiger partial charge in [0.2, 0.25) is 0 Å². The van der Waals surface area contributed by atoms with E-state index in [0.29, 0.717) is 11.8 Å². The predicted octanol–water partition coefficient (Wildman–Crippen LogP) is 0.611. The minimum Gasteiger partial charge on any atom is -0.481 e. The Labute approximate surface area is 96.2 Å². The van der Waals surface area contributed by atoms with Gasteiger partial charge in [-0.2, -0.15) is 0 Å². The van der Waals surface area contributed by atoms with Crippen LogP contribution in [0.25, 0.3) is 0 Å². The first-order chi connectivity index (χ1) is 7.11. The molecule has 1 heterocycles. The summed E-state index contributed by atoms with van der Waals surface area (Å²) in [7, 11) is 0. The second kappa shape index (κ2) is 6.24. The van der Waals surface area contributed by atoms with Crippen LogP contribution in [0, 0.1) is 0 Å². The Hall–Kier alpha value is -0.400. The number of carboxylic acid groups (broad SMARTS) is 2. The predicted molar refractivity (Wildman–Crippen MR) is 60.2 cm³/mol. The van der Waals surface area contributed by atoms with Crippen molar-refractivity contribution in [2.24, 2.45) is 0 Å². The number of hydrogen-bond donors (Lipinski definition) is 2. The molecular formula is C8H13NO4S2. The number of carboxylic acids is 2. The van der Waals surface area contributed by atoms with E-state index in [0.717, 1.165) is 11.5 Å². The third-order valence-corrected chi connectivity index (χ3v) is 4.25. The van der Waals surface area contributed by atoms with Crippen LogP contribution >= 0.6 is 23.5 Å². The van der Waals surface area contributed by atoms with Gasteiger partial charge in [0.15, 0.2) is 0 Å². The van der Waals surface area contributed by atoms with Gasteiger partial charge in [0.1, 0.15) is 6.04 Å². The molecule has 0 bridgehead atoms. The summed E-state index contributed by atoms with van der Waals surface area (Å²) in [4.78, 5) is 23.2. The molecule has 1 aliphatic rings. The van der Waals surface area contributed by atoms with E-state index in [1.165, 1.54) is 0 Å². The topological polar surface area (TPSA) is 77.8 Å². The highest BCUT2D eigenvalue weighted by molar-refractivity contribution is 8.03. The first-order valence-electron chi connectivity index (χ1n) is 4.45. The lowest BCUT2D eigenvalue weighted by molar-refractivity contribution is -0.149. The molecule has 1 unspecified atom stereocenters. The fraction of sp³-hybridized carbons (Fsp3) is 0.750. The maximum atomic E-state index is 10.9. The van der Waals surface area contributed by atoms with Gasteiger partial charge in [-0.3, -0.25) is 14.5 Å². The summed E-state index contributed by atoms with van der Waals surface area (Å²) in [6.07, 6.45) is -0.337. The van der Waals surface area contributed by atoms with E-state index in [4.69, 9.17) is 10.2 Å². The minimum absolute atomic E-state index is 0.337. The standard InChI is InChI=1S/C8H13NO4S2/c10-7(11)3-6(8(12)13)9-4-14-1-2-15-5-9/h6H,1-5H2,(H,10,11)(H,12,13). The molecule has 0 aromatic carbocycles. The number of hydrogen-bond acceptors (Lipinski definition) is 5. The lowest BCUT2D eigenvalue weighted by Crippen LogP contribution is -2.41. The van der Waals surface area contributed by atoms with Crippen molar-refractivity contribution >= 4 is 35.5 Å². The van der Waals surface area contributed by atoms with Crippen molar-refractivity contribution in [2.75, 3.05) is 23.3 Å². The van der Waals surface area contributed by atoms with E-state index < -0.39 is 18.0 Å². The van der Waals surface area contributed by atoms with Crippen molar-refractivity contribution in [3.63, 3.8) is 0 Å². The van der Waals surface area contributed by atoms with Crippen molar-refractivity contribution in [3.8, 4) is 0 Å². The average molecular weight is 251 g/mol. The van der Waals surface area contributed by atoms with Crippen LogP contribution in [0.15, 0.2) is 0 Å². The molecule has 7 heteroatoms. The summed E-state index contributed by atoms with van der Waals surface area (Å²) < 4.78 is 0. The Kier molecular flexibility index (Phi) is 5.27. The van der Waals surface area contributed by atoms with Crippen molar-refractivity contribution in [3.05, 3.63) is 0 Å². The van der Waals surface area contributed by atoms with Crippen LogP contribution in [0.5, 0.6) is 0 Å². The molecule has 1 saturated heterocycles. The van der Waals surface area contributed by atoms with Gasteiger partial charge in [-0.15, -0.1) is 23.5 Å². The lowest BCUT2D eigenvalue weighted by atomic mass is 10.2. The molecule has 5 nitrogen and oxygen atoms in total. The molecule has 0 aliphatic carbocycles. The molecule has 1 rings (SSSR count). The van der Waals surface area contributed by atoms with Gasteiger partial charge < -0.3 is 10.2 Å². The molecule has 86 valence electrons. The van der Waals surface area contributed by atoms with Gasteiger partial charge in [0, 0.05) is 23.3 Å². The van der Waals surface area contributed by atoms with Gasteiger partial charge in [-0.25, -0.2) is 0 Å². The largest absolute Gasteiger partial charge is 0.481 e. The van der Waals surface area contributed by atoms with Crippen LogP contribution in [-0.4, -0.2) is 56.4 Å².